The van der Waals surface area contributed by atoms with Gasteiger partial charge in [-0.2, -0.15) is 0 Å². The quantitative estimate of drug-likeness (QED) is 0.787. The molecule has 0 spiro atoms. The molecule has 5 heteroatoms. The summed E-state index contributed by atoms with van der Waals surface area (Å²) in [7, 11) is 3.63. The molecule has 3 atom stereocenters. The van der Waals surface area contributed by atoms with Gasteiger partial charge in [0, 0.05) is 33.1 Å². The molecule has 5 nitrogen and oxygen atoms in total. The summed E-state index contributed by atoms with van der Waals surface area (Å²) in [5, 5.41) is 0. The first-order valence-corrected chi connectivity index (χ1v) is 8.99. The SMILES string of the molecule is CN(C)C(=O)CN1CC[C@@H]2CN(C(=O)C3CC3(C)C)C[C@@H]2CC1. The molecular formula is C18H31N3O2. The highest BCUT2D eigenvalue weighted by Crippen LogP contribution is 2.53. The van der Waals surface area contributed by atoms with Crippen molar-refractivity contribution in [1.82, 2.24) is 14.7 Å². The van der Waals surface area contributed by atoms with Crippen LogP contribution in [0.15, 0.2) is 0 Å². The van der Waals surface area contributed by atoms with Crippen molar-refractivity contribution in [2.75, 3.05) is 46.8 Å². The van der Waals surface area contributed by atoms with Gasteiger partial charge in [0.15, 0.2) is 0 Å². The third kappa shape index (κ3) is 3.54. The normalized spacial score (nSPS) is 33.0. The van der Waals surface area contributed by atoms with Crippen molar-refractivity contribution in [3.05, 3.63) is 0 Å². The number of fused-ring (bicyclic) bond motifs is 1. The molecule has 1 aliphatic carbocycles. The van der Waals surface area contributed by atoms with Gasteiger partial charge in [0.2, 0.25) is 11.8 Å². The van der Waals surface area contributed by atoms with Gasteiger partial charge in [-0.3, -0.25) is 14.5 Å². The van der Waals surface area contributed by atoms with Crippen LogP contribution in [0.3, 0.4) is 0 Å². The van der Waals surface area contributed by atoms with E-state index in [-0.39, 0.29) is 17.2 Å². The Morgan fingerprint density at radius 2 is 1.61 bits per heavy atom. The predicted octanol–water partition coefficient (Wildman–Crippen LogP) is 1.29. The zero-order valence-corrected chi connectivity index (χ0v) is 15.0. The Hall–Kier alpha value is -1.10. The molecule has 1 saturated carbocycles. The summed E-state index contributed by atoms with van der Waals surface area (Å²) in [5.74, 6) is 2.09. The van der Waals surface area contributed by atoms with Crippen LogP contribution in [0, 0.1) is 23.2 Å². The molecule has 2 saturated heterocycles. The van der Waals surface area contributed by atoms with E-state index in [4.69, 9.17) is 0 Å². The van der Waals surface area contributed by atoms with E-state index in [0.717, 1.165) is 45.4 Å². The van der Waals surface area contributed by atoms with Crippen molar-refractivity contribution in [1.29, 1.82) is 0 Å². The number of likely N-dealkylation sites (N-methyl/N-ethyl adjacent to an activating group) is 1. The predicted molar refractivity (Wildman–Crippen MR) is 89.8 cm³/mol. The van der Waals surface area contributed by atoms with Crippen LogP contribution in [0.25, 0.3) is 0 Å². The maximum absolute atomic E-state index is 12.6. The number of carbonyl (C=O) groups is 2. The van der Waals surface area contributed by atoms with Crippen LogP contribution >= 0.6 is 0 Å². The van der Waals surface area contributed by atoms with E-state index in [1.54, 1.807) is 4.90 Å². The number of hydrogen-bond donors (Lipinski definition) is 0. The summed E-state index contributed by atoms with van der Waals surface area (Å²) in [6, 6.07) is 0. The summed E-state index contributed by atoms with van der Waals surface area (Å²) >= 11 is 0. The number of hydrogen-bond acceptors (Lipinski definition) is 3. The van der Waals surface area contributed by atoms with Crippen LogP contribution in [0.4, 0.5) is 0 Å². The average molecular weight is 321 g/mol. The molecular weight excluding hydrogens is 290 g/mol. The fourth-order valence-electron chi connectivity index (χ4n) is 4.18. The Morgan fingerprint density at radius 3 is 2.04 bits per heavy atom. The molecule has 0 aromatic rings. The van der Waals surface area contributed by atoms with E-state index in [1.165, 1.54) is 0 Å². The van der Waals surface area contributed by atoms with Gasteiger partial charge in [0.1, 0.15) is 0 Å². The fourth-order valence-corrected chi connectivity index (χ4v) is 4.18. The molecule has 2 heterocycles. The molecule has 3 aliphatic rings. The van der Waals surface area contributed by atoms with Crippen molar-refractivity contribution in [2.24, 2.45) is 23.2 Å². The third-order valence-corrected chi connectivity index (χ3v) is 6.19. The van der Waals surface area contributed by atoms with Crippen LogP contribution < -0.4 is 0 Å². The Bertz CT molecular complexity index is 473. The minimum absolute atomic E-state index is 0.185. The van der Waals surface area contributed by atoms with Crippen molar-refractivity contribution < 1.29 is 9.59 Å². The minimum Gasteiger partial charge on any atom is -0.348 e. The van der Waals surface area contributed by atoms with Gasteiger partial charge in [-0.05, 0) is 49.6 Å². The highest BCUT2D eigenvalue weighted by molar-refractivity contribution is 5.82. The van der Waals surface area contributed by atoms with Crippen molar-refractivity contribution >= 4 is 11.8 Å². The molecule has 0 aromatic heterocycles. The second-order valence-corrected chi connectivity index (χ2v) is 8.65. The van der Waals surface area contributed by atoms with E-state index < -0.39 is 0 Å². The highest BCUT2D eigenvalue weighted by Gasteiger charge is 2.53. The lowest BCUT2D eigenvalue weighted by Crippen LogP contribution is -2.38. The van der Waals surface area contributed by atoms with Crippen LogP contribution in [-0.2, 0) is 9.59 Å². The Kier molecular flexibility index (Phi) is 4.43. The molecule has 2 aliphatic heterocycles. The van der Waals surface area contributed by atoms with Gasteiger partial charge in [0.05, 0.1) is 6.54 Å². The zero-order valence-electron chi connectivity index (χ0n) is 15.0. The molecule has 2 amide bonds. The lowest BCUT2D eigenvalue weighted by molar-refractivity contribution is -0.132. The van der Waals surface area contributed by atoms with Crippen LogP contribution in [0.2, 0.25) is 0 Å². The fraction of sp³-hybridized carbons (Fsp3) is 0.889. The molecule has 3 fully saturated rings. The topological polar surface area (TPSA) is 43.9 Å². The third-order valence-electron chi connectivity index (χ3n) is 6.19. The van der Waals surface area contributed by atoms with Gasteiger partial charge in [0.25, 0.3) is 0 Å². The van der Waals surface area contributed by atoms with Gasteiger partial charge < -0.3 is 9.80 Å². The molecule has 1 unspecified atom stereocenters. The summed E-state index contributed by atoms with van der Waals surface area (Å²) < 4.78 is 0. The first kappa shape index (κ1) is 16.7. The average Bonchev–Trinajstić information content (AvgIpc) is 3.00. The van der Waals surface area contributed by atoms with Crippen LogP contribution in [0.5, 0.6) is 0 Å². The van der Waals surface area contributed by atoms with E-state index in [2.05, 4.69) is 23.6 Å². The molecule has 3 rings (SSSR count). The largest absolute Gasteiger partial charge is 0.348 e. The monoisotopic (exact) mass is 321 g/mol. The minimum atomic E-state index is 0.185. The van der Waals surface area contributed by atoms with Crippen molar-refractivity contribution in [3.63, 3.8) is 0 Å². The molecule has 130 valence electrons. The van der Waals surface area contributed by atoms with E-state index >= 15 is 0 Å². The molecule has 0 N–H and O–H groups in total. The smallest absolute Gasteiger partial charge is 0.236 e. The van der Waals surface area contributed by atoms with Gasteiger partial charge >= 0.3 is 0 Å². The lowest BCUT2D eigenvalue weighted by Gasteiger charge is -2.23. The second kappa shape index (κ2) is 6.08. The van der Waals surface area contributed by atoms with E-state index in [1.807, 2.05) is 14.1 Å². The number of nitrogens with zero attached hydrogens (tertiary/aromatic N) is 3. The number of carbonyl (C=O) groups excluding carboxylic acids is 2. The zero-order chi connectivity index (χ0) is 16.8. The Balaban J connectivity index is 1.51. The lowest BCUT2D eigenvalue weighted by atomic mass is 9.92. The summed E-state index contributed by atoms with van der Waals surface area (Å²) in [5.41, 5.74) is 0.227. The van der Waals surface area contributed by atoms with Gasteiger partial charge in [-0.15, -0.1) is 0 Å². The number of rotatable bonds is 3. The molecule has 0 bridgehead atoms. The van der Waals surface area contributed by atoms with Crippen LogP contribution in [0.1, 0.15) is 33.1 Å². The first-order chi connectivity index (χ1) is 10.8. The molecule has 0 radical (unpaired) electrons. The molecule has 23 heavy (non-hydrogen) atoms. The summed E-state index contributed by atoms with van der Waals surface area (Å²) in [6.07, 6.45) is 3.28. The summed E-state index contributed by atoms with van der Waals surface area (Å²) in [4.78, 5) is 30.6. The van der Waals surface area contributed by atoms with Gasteiger partial charge in [-0.25, -0.2) is 0 Å². The maximum Gasteiger partial charge on any atom is 0.236 e. The van der Waals surface area contributed by atoms with Crippen LogP contribution in [-0.4, -0.2) is 73.3 Å². The molecule has 0 aromatic carbocycles. The number of amides is 2. The van der Waals surface area contributed by atoms with Crippen molar-refractivity contribution in [3.8, 4) is 0 Å². The standard InChI is InChI=1S/C18H31N3O2/c1-18(2)9-15(18)17(23)21-10-13-5-7-20(8-6-14(13)11-21)12-16(22)19(3)4/h13-15H,5-12H2,1-4H3/t13-,14+,15?. The Labute approximate surface area is 140 Å². The summed E-state index contributed by atoms with van der Waals surface area (Å²) in [6.45, 7) is 8.77. The second-order valence-electron chi connectivity index (χ2n) is 8.65. The first-order valence-electron chi connectivity index (χ1n) is 8.99. The van der Waals surface area contributed by atoms with Gasteiger partial charge in [-0.1, -0.05) is 13.8 Å². The Morgan fingerprint density at radius 1 is 1.09 bits per heavy atom. The highest BCUT2D eigenvalue weighted by atomic mass is 16.2. The maximum atomic E-state index is 12.6. The van der Waals surface area contributed by atoms with Crippen molar-refractivity contribution in [2.45, 2.75) is 33.1 Å². The van der Waals surface area contributed by atoms with E-state index in [9.17, 15) is 9.59 Å². The number of likely N-dealkylation sites (tertiary alicyclic amines) is 2. The van der Waals surface area contributed by atoms with E-state index in [0.29, 0.717) is 24.3 Å².